The SMILES string of the molecule is c1ccc2c(c1)ncn2CCCN1CCOCC1. The van der Waals surface area contributed by atoms with Gasteiger partial charge in [-0.3, -0.25) is 4.90 Å². The summed E-state index contributed by atoms with van der Waals surface area (Å²) in [6.07, 6.45) is 3.12. The van der Waals surface area contributed by atoms with E-state index in [4.69, 9.17) is 4.74 Å². The van der Waals surface area contributed by atoms with Crippen LogP contribution in [-0.4, -0.2) is 47.3 Å². The number of rotatable bonds is 4. The van der Waals surface area contributed by atoms with E-state index in [-0.39, 0.29) is 0 Å². The molecule has 4 nitrogen and oxygen atoms in total. The lowest BCUT2D eigenvalue weighted by Gasteiger charge is -2.26. The van der Waals surface area contributed by atoms with Crippen LogP contribution in [0.2, 0.25) is 0 Å². The molecule has 0 unspecified atom stereocenters. The van der Waals surface area contributed by atoms with Crippen molar-refractivity contribution in [2.75, 3.05) is 32.8 Å². The molecule has 0 bridgehead atoms. The van der Waals surface area contributed by atoms with Crippen LogP contribution in [0.5, 0.6) is 0 Å². The van der Waals surface area contributed by atoms with Gasteiger partial charge >= 0.3 is 0 Å². The number of aromatic nitrogens is 2. The molecule has 0 N–H and O–H groups in total. The predicted octanol–water partition coefficient (Wildman–Crippen LogP) is 1.76. The fourth-order valence-corrected chi connectivity index (χ4v) is 2.48. The Bertz CT molecular complexity index is 502. The summed E-state index contributed by atoms with van der Waals surface area (Å²) in [6, 6.07) is 8.31. The molecule has 1 aliphatic heterocycles. The van der Waals surface area contributed by atoms with E-state index in [1.54, 1.807) is 0 Å². The first kappa shape index (κ1) is 11.7. The second kappa shape index (κ2) is 5.50. The van der Waals surface area contributed by atoms with Crippen molar-refractivity contribution in [2.24, 2.45) is 0 Å². The molecule has 1 aliphatic rings. The molecule has 0 aliphatic carbocycles. The maximum atomic E-state index is 5.35. The second-order valence-electron chi connectivity index (χ2n) is 4.73. The van der Waals surface area contributed by atoms with E-state index in [0.717, 1.165) is 44.9 Å². The van der Waals surface area contributed by atoms with Crippen LogP contribution in [0, 0.1) is 0 Å². The lowest BCUT2D eigenvalue weighted by atomic mass is 10.3. The van der Waals surface area contributed by atoms with Gasteiger partial charge in [0.15, 0.2) is 0 Å². The van der Waals surface area contributed by atoms with E-state index in [1.807, 2.05) is 12.4 Å². The molecular formula is C14H19N3O. The smallest absolute Gasteiger partial charge is 0.0958 e. The van der Waals surface area contributed by atoms with Gasteiger partial charge in [0.25, 0.3) is 0 Å². The predicted molar refractivity (Wildman–Crippen MR) is 71.6 cm³/mol. The lowest BCUT2D eigenvalue weighted by molar-refractivity contribution is 0.0369. The van der Waals surface area contributed by atoms with Crippen molar-refractivity contribution in [3.8, 4) is 0 Å². The highest BCUT2D eigenvalue weighted by atomic mass is 16.5. The number of hydrogen-bond acceptors (Lipinski definition) is 3. The van der Waals surface area contributed by atoms with Gasteiger partial charge in [-0.1, -0.05) is 12.1 Å². The minimum Gasteiger partial charge on any atom is -0.379 e. The molecule has 96 valence electrons. The number of para-hydroxylation sites is 2. The van der Waals surface area contributed by atoms with Gasteiger partial charge in [-0.05, 0) is 18.6 Å². The first-order chi connectivity index (χ1) is 8.93. The van der Waals surface area contributed by atoms with Crippen molar-refractivity contribution in [1.29, 1.82) is 0 Å². The number of imidazole rings is 1. The van der Waals surface area contributed by atoms with E-state index in [2.05, 4.69) is 32.7 Å². The largest absolute Gasteiger partial charge is 0.379 e. The van der Waals surface area contributed by atoms with Crippen molar-refractivity contribution >= 4 is 11.0 Å². The van der Waals surface area contributed by atoms with Crippen molar-refractivity contribution in [3.05, 3.63) is 30.6 Å². The lowest BCUT2D eigenvalue weighted by Crippen LogP contribution is -2.37. The highest BCUT2D eigenvalue weighted by Gasteiger charge is 2.09. The highest BCUT2D eigenvalue weighted by molar-refractivity contribution is 5.74. The summed E-state index contributed by atoms with van der Waals surface area (Å²) >= 11 is 0. The molecule has 1 fully saturated rings. The van der Waals surface area contributed by atoms with Gasteiger partial charge in [0.1, 0.15) is 0 Å². The van der Waals surface area contributed by atoms with Crippen LogP contribution in [0.25, 0.3) is 11.0 Å². The number of hydrogen-bond donors (Lipinski definition) is 0. The molecule has 0 saturated carbocycles. The fraction of sp³-hybridized carbons (Fsp3) is 0.500. The maximum Gasteiger partial charge on any atom is 0.0958 e. The highest BCUT2D eigenvalue weighted by Crippen LogP contribution is 2.12. The Morgan fingerprint density at radius 1 is 1.11 bits per heavy atom. The van der Waals surface area contributed by atoms with Gasteiger partial charge in [0.05, 0.1) is 30.6 Å². The standard InChI is InChI=1S/C14H19N3O/c1-2-5-14-13(4-1)15-12-17(14)7-3-6-16-8-10-18-11-9-16/h1-2,4-5,12H,3,6-11H2. The minimum absolute atomic E-state index is 0.883. The fourth-order valence-electron chi connectivity index (χ4n) is 2.48. The molecule has 4 heteroatoms. The summed E-state index contributed by atoms with van der Waals surface area (Å²) in [5, 5.41) is 0. The van der Waals surface area contributed by atoms with Crippen LogP contribution >= 0.6 is 0 Å². The van der Waals surface area contributed by atoms with Gasteiger partial charge in [0, 0.05) is 26.2 Å². The quantitative estimate of drug-likeness (QED) is 0.822. The molecule has 3 rings (SSSR count). The van der Waals surface area contributed by atoms with Crippen molar-refractivity contribution in [2.45, 2.75) is 13.0 Å². The molecule has 1 aromatic heterocycles. The summed E-state index contributed by atoms with van der Waals surface area (Å²) in [6.45, 7) is 6.10. The Morgan fingerprint density at radius 2 is 1.94 bits per heavy atom. The summed E-state index contributed by atoms with van der Waals surface area (Å²) in [7, 11) is 0. The number of fused-ring (bicyclic) bond motifs is 1. The molecule has 2 aromatic rings. The number of morpholine rings is 1. The van der Waals surface area contributed by atoms with Crippen molar-refractivity contribution in [1.82, 2.24) is 14.5 Å². The first-order valence-corrected chi connectivity index (χ1v) is 6.63. The minimum atomic E-state index is 0.883. The molecule has 0 spiro atoms. The third kappa shape index (κ3) is 2.54. The summed E-state index contributed by atoms with van der Waals surface area (Å²) in [5.41, 5.74) is 2.32. The van der Waals surface area contributed by atoms with Crippen LogP contribution in [0.15, 0.2) is 30.6 Å². The average molecular weight is 245 g/mol. The molecule has 18 heavy (non-hydrogen) atoms. The zero-order valence-corrected chi connectivity index (χ0v) is 10.6. The summed E-state index contributed by atoms with van der Waals surface area (Å²) < 4.78 is 7.60. The van der Waals surface area contributed by atoms with Gasteiger partial charge in [0.2, 0.25) is 0 Å². The van der Waals surface area contributed by atoms with Crippen molar-refractivity contribution < 1.29 is 4.74 Å². The van der Waals surface area contributed by atoms with Crippen LogP contribution < -0.4 is 0 Å². The van der Waals surface area contributed by atoms with E-state index in [9.17, 15) is 0 Å². The number of ether oxygens (including phenoxy) is 1. The third-order valence-corrected chi connectivity index (χ3v) is 3.50. The van der Waals surface area contributed by atoms with Crippen LogP contribution in [0.3, 0.4) is 0 Å². The molecule has 1 aromatic carbocycles. The number of aryl methyl sites for hydroxylation is 1. The Kier molecular flexibility index (Phi) is 3.57. The summed E-state index contributed by atoms with van der Waals surface area (Å²) in [4.78, 5) is 6.89. The zero-order valence-electron chi connectivity index (χ0n) is 10.6. The molecule has 0 radical (unpaired) electrons. The monoisotopic (exact) mass is 245 g/mol. The van der Waals surface area contributed by atoms with Gasteiger partial charge in [-0.25, -0.2) is 4.98 Å². The van der Waals surface area contributed by atoms with E-state index < -0.39 is 0 Å². The molecule has 1 saturated heterocycles. The van der Waals surface area contributed by atoms with Gasteiger partial charge < -0.3 is 9.30 Å². The third-order valence-electron chi connectivity index (χ3n) is 3.50. The van der Waals surface area contributed by atoms with E-state index in [0.29, 0.717) is 0 Å². The molecular weight excluding hydrogens is 226 g/mol. The topological polar surface area (TPSA) is 30.3 Å². The number of nitrogens with zero attached hydrogens (tertiary/aromatic N) is 3. The maximum absolute atomic E-state index is 5.35. The van der Waals surface area contributed by atoms with Gasteiger partial charge in [-0.2, -0.15) is 0 Å². The molecule has 2 heterocycles. The normalized spacial score (nSPS) is 17.3. The Labute approximate surface area is 107 Å². The molecule has 0 amide bonds. The average Bonchev–Trinajstić information content (AvgIpc) is 2.84. The van der Waals surface area contributed by atoms with Crippen LogP contribution in [0.1, 0.15) is 6.42 Å². The van der Waals surface area contributed by atoms with Crippen molar-refractivity contribution in [3.63, 3.8) is 0 Å². The Hall–Kier alpha value is -1.39. The first-order valence-electron chi connectivity index (χ1n) is 6.63. The van der Waals surface area contributed by atoms with E-state index >= 15 is 0 Å². The van der Waals surface area contributed by atoms with E-state index in [1.165, 1.54) is 11.9 Å². The Balaban J connectivity index is 1.56. The summed E-state index contributed by atoms with van der Waals surface area (Å²) in [5.74, 6) is 0. The molecule has 0 atom stereocenters. The Morgan fingerprint density at radius 3 is 2.83 bits per heavy atom. The van der Waals surface area contributed by atoms with Crippen LogP contribution in [-0.2, 0) is 11.3 Å². The van der Waals surface area contributed by atoms with Gasteiger partial charge in [-0.15, -0.1) is 0 Å². The second-order valence-corrected chi connectivity index (χ2v) is 4.73. The zero-order chi connectivity index (χ0) is 12.2. The van der Waals surface area contributed by atoms with Crippen LogP contribution in [0.4, 0.5) is 0 Å². The number of benzene rings is 1.